The Labute approximate surface area is 101 Å². The Balaban J connectivity index is 2.23. The zero-order valence-corrected chi connectivity index (χ0v) is 9.16. The smallest absolute Gasteiger partial charge is 0.336 e. The van der Waals surface area contributed by atoms with E-state index < -0.39 is 5.97 Å². The number of nitrogens with one attached hydrogen (secondary N) is 1. The summed E-state index contributed by atoms with van der Waals surface area (Å²) in [5.74, 6) is -0.513. The van der Waals surface area contributed by atoms with Crippen LogP contribution >= 0.6 is 0 Å². The minimum atomic E-state index is -0.989. The quantitative estimate of drug-likeness (QED) is 0.711. The molecule has 0 spiro atoms. The molecule has 0 aliphatic carbocycles. The van der Waals surface area contributed by atoms with Gasteiger partial charge in [0, 0.05) is 5.56 Å². The van der Waals surface area contributed by atoms with Gasteiger partial charge in [-0.25, -0.2) is 19.7 Å². The lowest BCUT2D eigenvalue weighted by molar-refractivity contribution is 0.0697. The lowest BCUT2D eigenvalue weighted by Crippen LogP contribution is -1.99. The van der Waals surface area contributed by atoms with Gasteiger partial charge in [-0.2, -0.15) is 0 Å². The van der Waals surface area contributed by atoms with Crippen LogP contribution < -0.4 is 0 Å². The number of benzene rings is 1. The van der Waals surface area contributed by atoms with Crippen molar-refractivity contribution in [3.63, 3.8) is 0 Å². The number of carbonyl (C=O) groups is 1. The monoisotopic (exact) mass is 240 g/mol. The highest BCUT2D eigenvalue weighted by Gasteiger charge is 2.14. The molecule has 3 rings (SSSR count). The first-order valence-electron chi connectivity index (χ1n) is 5.24. The molecule has 0 bridgehead atoms. The van der Waals surface area contributed by atoms with E-state index in [0.29, 0.717) is 22.6 Å². The Kier molecular flexibility index (Phi) is 2.26. The van der Waals surface area contributed by atoms with Crippen molar-refractivity contribution in [3.05, 3.63) is 42.4 Å². The molecule has 0 atom stereocenters. The lowest BCUT2D eigenvalue weighted by atomic mass is 10.1. The molecule has 1 aromatic carbocycles. The molecular formula is C12H8N4O2. The zero-order valence-electron chi connectivity index (χ0n) is 9.16. The second-order valence-corrected chi connectivity index (χ2v) is 3.70. The van der Waals surface area contributed by atoms with Crippen LogP contribution in [-0.4, -0.2) is 31.0 Å². The maximum atomic E-state index is 11.1. The summed E-state index contributed by atoms with van der Waals surface area (Å²) < 4.78 is 0. The number of H-pyrrole nitrogens is 1. The molecule has 0 fully saturated rings. The summed E-state index contributed by atoms with van der Waals surface area (Å²) in [5.41, 5.74) is 1.92. The van der Waals surface area contributed by atoms with E-state index >= 15 is 0 Å². The van der Waals surface area contributed by atoms with Crippen molar-refractivity contribution in [1.29, 1.82) is 0 Å². The fourth-order valence-electron chi connectivity index (χ4n) is 1.77. The highest BCUT2D eigenvalue weighted by Crippen LogP contribution is 2.22. The van der Waals surface area contributed by atoms with Crippen LogP contribution in [0.15, 0.2) is 36.8 Å². The fraction of sp³-hybridized carbons (Fsp3) is 0. The van der Waals surface area contributed by atoms with Gasteiger partial charge >= 0.3 is 5.97 Å². The molecule has 0 amide bonds. The van der Waals surface area contributed by atoms with Crippen molar-refractivity contribution >= 4 is 17.1 Å². The van der Waals surface area contributed by atoms with Crippen molar-refractivity contribution in [2.45, 2.75) is 0 Å². The van der Waals surface area contributed by atoms with Gasteiger partial charge in [0.2, 0.25) is 0 Å². The van der Waals surface area contributed by atoms with Gasteiger partial charge < -0.3 is 10.1 Å². The molecule has 3 aromatic rings. The average Bonchev–Trinajstić information content (AvgIpc) is 2.82. The fourth-order valence-corrected chi connectivity index (χ4v) is 1.77. The van der Waals surface area contributed by atoms with Crippen molar-refractivity contribution in [3.8, 4) is 11.4 Å². The number of fused-ring (bicyclic) bond motifs is 1. The first kappa shape index (κ1) is 10.4. The summed E-state index contributed by atoms with van der Waals surface area (Å²) in [4.78, 5) is 26.3. The largest absolute Gasteiger partial charge is 0.478 e. The molecule has 18 heavy (non-hydrogen) atoms. The molecule has 6 heteroatoms. The van der Waals surface area contributed by atoms with Gasteiger partial charge in [0.25, 0.3) is 0 Å². The van der Waals surface area contributed by atoms with Gasteiger partial charge in [-0.1, -0.05) is 18.2 Å². The van der Waals surface area contributed by atoms with Crippen LogP contribution in [0.3, 0.4) is 0 Å². The molecule has 2 heterocycles. The Morgan fingerprint density at radius 1 is 1.28 bits per heavy atom. The summed E-state index contributed by atoms with van der Waals surface area (Å²) in [5, 5.41) is 9.13. The standard InChI is InChI=1S/C12H8N4O2/c17-12(18)8-4-2-1-3-7(8)10-15-9-5-13-6-14-11(9)16-10/h1-6H,(H,17,18)(H,13,14,15,16). The maximum absolute atomic E-state index is 11.1. The number of aromatic nitrogens is 4. The van der Waals surface area contributed by atoms with Crippen molar-refractivity contribution in [2.75, 3.05) is 0 Å². The lowest BCUT2D eigenvalue weighted by Gasteiger charge is -2.01. The Morgan fingerprint density at radius 2 is 2.11 bits per heavy atom. The number of carboxylic acid groups (broad SMARTS) is 1. The van der Waals surface area contributed by atoms with Gasteiger partial charge in [-0.3, -0.25) is 0 Å². The first-order chi connectivity index (χ1) is 8.75. The van der Waals surface area contributed by atoms with Gasteiger partial charge in [0.1, 0.15) is 17.7 Å². The maximum Gasteiger partial charge on any atom is 0.336 e. The third-order valence-electron chi connectivity index (χ3n) is 2.57. The molecule has 88 valence electrons. The Morgan fingerprint density at radius 3 is 2.89 bits per heavy atom. The molecule has 0 saturated carbocycles. The van der Waals surface area contributed by atoms with Crippen LogP contribution in [0.25, 0.3) is 22.6 Å². The Bertz CT molecular complexity index is 703. The molecular weight excluding hydrogens is 232 g/mol. The van der Waals surface area contributed by atoms with Gasteiger partial charge in [0.15, 0.2) is 5.65 Å². The van der Waals surface area contributed by atoms with E-state index in [1.54, 1.807) is 24.4 Å². The first-order valence-corrected chi connectivity index (χ1v) is 5.24. The van der Waals surface area contributed by atoms with E-state index in [1.165, 1.54) is 12.4 Å². The van der Waals surface area contributed by atoms with Crippen LogP contribution in [0.5, 0.6) is 0 Å². The third kappa shape index (κ3) is 1.60. The van der Waals surface area contributed by atoms with E-state index in [1.807, 2.05) is 0 Å². The average molecular weight is 240 g/mol. The van der Waals surface area contributed by atoms with E-state index in [-0.39, 0.29) is 5.56 Å². The molecule has 0 unspecified atom stereocenters. The zero-order chi connectivity index (χ0) is 12.5. The SMILES string of the molecule is O=C(O)c1ccccc1-c1nc2ncncc2[nH]1. The van der Waals surface area contributed by atoms with Gasteiger partial charge in [-0.05, 0) is 6.07 Å². The molecule has 0 radical (unpaired) electrons. The number of hydrogen-bond acceptors (Lipinski definition) is 4. The Hall–Kier alpha value is -2.76. The normalized spacial score (nSPS) is 10.7. The predicted octanol–water partition coefficient (Wildman–Crippen LogP) is 1.72. The number of nitrogens with zero attached hydrogens (tertiary/aromatic N) is 3. The van der Waals surface area contributed by atoms with E-state index in [2.05, 4.69) is 19.9 Å². The summed E-state index contributed by atoms with van der Waals surface area (Å²) in [7, 11) is 0. The van der Waals surface area contributed by atoms with Gasteiger partial charge in [-0.15, -0.1) is 0 Å². The number of rotatable bonds is 2. The molecule has 2 N–H and O–H groups in total. The minimum Gasteiger partial charge on any atom is -0.478 e. The summed E-state index contributed by atoms with van der Waals surface area (Å²) in [6, 6.07) is 6.68. The number of hydrogen-bond donors (Lipinski definition) is 2. The highest BCUT2D eigenvalue weighted by atomic mass is 16.4. The van der Waals surface area contributed by atoms with Crippen LogP contribution in [0.2, 0.25) is 0 Å². The predicted molar refractivity (Wildman–Crippen MR) is 64.1 cm³/mol. The summed E-state index contributed by atoms with van der Waals surface area (Å²) >= 11 is 0. The number of aromatic carboxylic acids is 1. The number of carboxylic acids is 1. The second kappa shape index (κ2) is 3.92. The molecule has 0 saturated heterocycles. The molecule has 0 aliphatic heterocycles. The van der Waals surface area contributed by atoms with E-state index in [4.69, 9.17) is 5.11 Å². The molecule has 2 aromatic heterocycles. The third-order valence-corrected chi connectivity index (χ3v) is 2.57. The van der Waals surface area contributed by atoms with Crippen LogP contribution in [-0.2, 0) is 0 Å². The molecule has 6 nitrogen and oxygen atoms in total. The van der Waals surface area contributed by atoms with Gasteiger partial charge in [0.05, 0.1) is 11.8 Å². The van der Waals surface area contributed by atoms with E-state index in [9.17, 15) is 4.79 Å². The summed E-state index contributed by atoms with van der Waals surface area (Å²) in [6.07, 6.45) is 3.00. The van der Waals surface area contributed by atoms with E-state index in [0.717, 1.165) is 0 Å². The highest BCUT2D eigenvalue weighted by molar-refractivity contribution is 5.95. The van der Waals surface area contributed by atoms with Crippen LogP contribution in [0.4, 0.5) is 0 Å². The van der Waals surface area contributed by atoms with Crippen molar-refractivity contribution in [1.82, 2.24) is 19.9 Å². The second-order valence-electron chi connectivity index (χ2n) is 3.70. The summed E-state index contributed by atoms with van der Waals surface area (Å²) in [6.45, 7) is 0. The molecule has 0 aliphatic rings. The number of aromatic amines is 1. The minimum absolute atomic E-state index is 0.199. The number of imidazole rings is 1. The topological polar surface area (TPSA) is 91.8 Å². The van der Waals surface area contributed by atoms with Crippen LogP contribution in [0.1, 0.15) is 10.4 Å². The van der Waals surface area contributed by atoms with Crippen molar-refractivity contribution in [2.24, 2.45) is 0 Å². The van der Waals surface area contributed by atoms with Crippen molar-refractivity contribution < 1.29 is 9.90 Å². The van der Waals surface area contributed by atoms with Crippen LogP contribution in [0, 0.1) is 0 Å².